The summed E-state index contributed by atoms with van der Waals surface area (Å²) in [5, 5.41) is 1.02. The van der Waals surface area contributed by atoms with Gasteiger partial charge in [0.25, 0.3) is 0 Å². The molecule has 0 fully saturated rings. The SMILES string of the molecule is c1ccc(-c2ccc(CCOc3ncc4ccccc4n3)cc2)cc1. The summed E-state index contributed by atoms with van der Waals surface area (Å²) in [7, 11) is 0. The van der Waals surface area contributed by atoms with E-state index in [1.54, 1.807) is 6.20 Å². The third-order valence-corrected chi connectivity index (χ3v) is 4.15. The van der Waals surface area contributed by atoms with Gasteiger partial charge in [0.2, 0.25) is 0 Å². The molecule has 0 bridgehead atoms. The molecule has 0 N–H and O–H groups in total. The largest absolute Gasteiger partial charge is 0.463 e. The quantitative estimate of drug-likeness (QED) is 0.522. The first-order chi connectivity index (χ1) is 12.4. The van der Waals surface area contributed by atoms with Crippen LogP contribution in [-0.4, -0.2) is 16.6 Å². The zero-order valence-electron chi connectivity index (χ0n) is 13.8. The van der Waals surface area contributed by atoms with Crippen LogP contribution >= 0.6 is 0 Å². The van der Waals surface area contributed by atoms with E-state index in [4.69, 9.17) is 4.74 Å². The van der Waals surface area contributed by atoms with Crippen molar-refractivity contribution in [1.82, 2.24) is 9.97 Å². The lowest BCUT2D eigenvalue weighted by Crippen LogP contribution is -2.04. The van der Waals surface area contributed by atoms with Gasteiger partial charge in [-0.2, -0.15) is 4.98 Å². The van der Waals surface area contributed by atoms with Gasteiger partial charge in [0.15, 0.2) is 0 Å². The molecule has 0 radical (unpaired) electrons. The van der Waals surface area contributed by atoms with Crippen molar-refractivity contribution in [2.45, 2.75) is 6.42 Å². The molecule has 0 atom stereocenters. The Kier molecular flexibility index (Phi) is 4.38. The standard InChI is InChI=1S/C22H18N2O/c1-2-6-18(7-3-1)19-12-10-17(11-13-19)14-15-25-22-23-16-20-8-4-5-9-21(20)24-22/h1-13,16H,14-15H2. The maximum atomic E-state index is 5.71. The molecule has 3 heteroatoms. The Hall–Kier alpha value is -3.20. The lowest BCUT2D eigenvalue weighted by molar-refractivity contribution is 0.297. The summed E-state index contributed by atoms with van der Waals surface area (Å²) in [5.41, 5.74) is 4.60. The Labute approximate surface area is 147 Å². The fraction of sp³-hybridized carbons (Fsp3) is 0.0909. The highest BCUT2D eigenvalue weighted by Crippen LogP contribution is 2.19. The van der Waals surface area contributed by atoms with E-state index in [0.29, 0.717) is 12.6 Å². The molecule has 25 heavy (non-hydrogen) atoms. The van der Waals surface area contributed by atoms with Crippen molar-refractivity contribution < 1.29 is 4.74 Å². The predicted octanol–water partition coefficient (Wildman–Crippen LogP) is 4.92. The van der Waals surface area contributed by atoms with E-state index < -0.39 is 0 Å². The second kappa shape index (κ2) is 7.14. The van der Waals surface area contributed by atoms with Gasteiger partial charge in [-0.1, -0.05) is 72.8 Å². The van der Waals surface area contributed by atoms with Gasteiger partial charge in [-0.3, -0.25) is 0 Å². The topological polar surface area (TPSA) is 35.0 Å². The lowest BCUT2D eigenvalue weighted by atomic mass is 10.0. The molecule has 4 aromatic rings. The summed E-state index contributed by atoms with van der Waals surface area (Å²) < 4.78 is 5.71. The molecule has 0 aliphatic heterocycles. The highest BCUT2D eigenvalue weighted by atomic mass is 16.5. The van der Waals surface area contributed by atoms with Crippen LogP contribution in [0.3, 0.4) is 0 Å². The second-order valence-electron chi connectivity index (χ2n) is 5.87. The number of hydrogen-bond donors (Lipinski definition) is 0. The molecule has 1 heterocycles. The van der Waals surface area contributed by atoms with Crippen LogP contribution in [0.5, 0.6) is 6.01 Å². The molecule has 0 spiro atoms. The average molecular weight is 326 g/mol. The second-order valence-corrected chi connectivity index (χ2v) is 5.87. The molecule has 0 aliphatic carbocycles. The third-order valence-electron chi connectivity index (χ3n) is 4.15. The number of nitrogens with zero attached hydrogens (tertiary/aromatic N) is 2. The average Bonchev–Trinajstić information content (AvgIpc) is 2.69. The number of ether oxygens (including phenoxy) is 1. The van der Waals surface area contributed by atoms with Crippen LogP contribution in [0.4, 0.5) is 0 Å². The van der Waals surface area contributed by atoms with Gasteiger partial charge in [0.1, 0.15) is 0 Å². The van der Waals surface area contributed by atoms with Gasteiger partial charge < -0.3 is 4.74 Å². The summed E-state index contributed by atoms with van der Waals surface area (Å²) >= 11 is 0. The maximum Gasteiger partial charge on any atom is 0.316 e. The smallest absolute Gasteiger partial charge is 0.316 e. The molecule has 3 aromatic carbocycles. The highest BCUT2D eigenvalue weighted by molar-refractivity contribution is 5.77. The Morgan fingerprint density at radius 2 is 1.44 bits per heavy atom. The molecular weight excluding hydrogens is 308 g/mol. The van der Waals surface area contributed by atoms with Crippen molar-refractivity contribution in [3.05, 3.63) is 90.6 Å². The van der Waals surface area contributed by atoms with E-state index in [2.05, 4.69) is 58.5 Å². The van der Waals surface area contributed by atoms with Crippen LogP contribution in [0.25, 0.3) is 22.0 Å². The number of fused-ring (bicyclic) bond motifs is 1. The summed E-state index contributed by atoms with van der Waals surface area (Å²) in [6, 6.07) is 27.3. The summed E-state index contributed by atoms with van der Waals surface area (Å²) in [6.45, 7) is 0.559. The molecule has 0 unspecified atom stereocenters. The number of rotatable bonds is 5. The number of aromatic nitrogens is 2. The van der Waals surface area contributed by atoms with Crippen LogP contribution in [0.15, 0.2) is 85.1 Å². The normalized spacial score (nSPS) is 10.7. The Bertz CT molecular complexity index is 966. The number of para-hydroxylation sites is 1. The van der Waals surface area contributed by atoms with Crippen LogP contribution in [0, 0.1) is 0 Å². The van der Waals surface area contributed by atoms with Gasteiger partial charge in [0.05, 0.1) is 12.1 Å². The summed E-state index contributed by atoms with van der Waals surface area (Å²) in [5.74, 6) is 0. The van der Waals surface area contributed by atoms with Gasteiger partial charge in [-0.15, -0.1) is 0 Å². The van der Waals surface area contributed by atoms with Crippen LogP contribution in [0.1, 0.15) is 5.56 Å². The van der Waals surface area contributed by atoms with E-state index in [0.717, 1.165) is 17.3 Å². The summed E-state index contributed by atoms with van der Waals surface area (Å²) in [4.78, 5) is 8.69. The van der Waals surface area contributed by atoms with E-state index >= 15 is 0 Å². The van der Waals surface area contributed by atoms with E-state index in [1.807, 2.05) is 30.3 Å². The lowest BCUT2D eigenvalue weighted by Gasteiger charge is -2.07. The number of hydrogen-bond acceptors (Lipinski definition) is 3. The van der Waals surface area contributed by atoms with Crippen molar-refractivity contribution in [2.24, 2.45) is 0 Å². The molecule has 3 nitrogen and oxygen atoms in total. The summed E-state index contributed by atoms with van der Waals surface area (Å²) in [6.07, 6.45) is 2.62. The van der Waals surface area contributed by atoms with E-state index in [-0.39, 0.29) is 0 Å². The van der Waals surface area contributed by atoms with Gasteiger partial charge in [-0.05, 0) is 22.8 Å². The van der Waals surface area contributed by atoms with Crippen LogP contribution < -0.4 is 4.74 Å². The van der Waals surface area contributed by atoms with Crippen molar-refractivity contribution in [3.8, 4) is 17.1 Å². The first-order valence-electron chi connectivity index (χ1n) is 8.37. The Balaban J connectivity index is 1.38. The predicted molar refractivity (Wildman–Crippen MR) is 101 cm³/mol. The zero-order chi connectivity index (χ0) is 16.9. The highest BCUT2D eigenvalue weighted by Gasteiger charge is 2.02. The van der Waals surface area contributed by atoms with E-state index in [9.17, 15) is 0 Å². The number of benzene rings is 3. The van der Waals surface area contributed by atoms with Crippen molar-refractivity contribution in [1.29, 1.82) is 0 Å². The molecule has 122 valence electrons. The minimum atomic E-state index is 0.430. The minimum absolute atomic E-state index is 0.430. The molecule has 0 saturated heterocycles. The Morgan fingerprint density at radius 3 is 2.28 bits per heavy atom. The van der Waals surface area contributed by atoms with Crippen molar-refractivity contribution in [3.63, 3.8) is 0 Å². The molecule has 0 saturated carbocycles. The van der Waals surface area contributed by atoms with Crippen molar-refractivity contribution in [2.75, 3.05) is 6.61 Å². The fourth-order valence-corrected chi connectivity index (χ4v) is 2.78. The molecule has 0 amide bonds. The zero-order valence-corrected chi connectivity index (χ0v) is 13.8. The monoisotopic (exact) mass is 326 g/mol. The van der Waals surface area contributed by atoms with Gasteiger partial charge >= 0.3 is 6.01 Å². The van der Waals surface area contributed by atoms with Gasteiger partial charge in [0, 0.05) is 18.0 Å². The minimum Gasteiger partial charge on any atom is -0.463 e. The molecular formula is C22H18N2O. The van der Waals surface area contributed by atoms with Crippen LogP contribution in [-0.2, 0) is 6.42 Å². The first-order valence-corrected chi connectivity index (χ1v) is 8.37. The molecule has 1 aromatic heterocycles. The first kappa shape index (κ1) is 15.3. The maximum absolute atomic E-state index is 5.71. The van der Waals surface area contributed by atoms with Crippen molar-refractivity contribution >= 4 is 10.9 Å². The Morgan fingerprint density at radius 1 is 0.720 bits per heavy atom. The van der Waals surface area contributed by atoms with Gasteiger partial charge in [-0.25, -0.2) is 4.98 Å². The molecule has 0 aliphatic rings. The van der Waals surface area contributed by atoms with Crippen LogP contribution in [0.2, 0.25) is 0 Å². The molecule has 4 rings (SSSR count). The van der Waals surface area contributed by atoms with E-state index in [1.165, 1.54) is 16.7 Å². The third kappa shape index (κ3) is 3.66. The fourth-order valence-electron chi connectivity index (χ4n) is 2.78.